The lowest BCUT2D eigenvalue weighted by Gasteiger charge is -2.38. The quantitative estimate of drug-likeness (QED) is 0.201. The summed E-state index contributed by atoms with van der Waals surface area (Å²) in [5, 5.41) is 2.88. The second kappa shape index (κ2) is 12.9. The fourth-order valence-corrected chi connectivity index (χ4v) is 7.63. The summed E-state index contributed by atoms with van der Waals surface area (Å²) in [4.78, 5) is 49.4. The average Bonchev–Trinajstić information content (AvgIpc) is 3.73. The Labute approximate surface area is 278 Å². The number of fused-ring (bicyclic) bond motifs is 3. The van der Waals surface area contributed by atoms with Crippen molar-refractivity contribution in [3.05, 3.63) is 77.4 Å². The lowest BCUT2D eigenvalue weighted by atomic mass is 9.85. The monoisotopic (exact) mass is 660 g/mol. The number of amides is 2. The number of hydrogen-bond donors (Lipinski definition) is 2. The van der Waals surface area contributed by atoms with Crippen molar-refractivity contribution in [1.29, 1.82) is 0 Å². The van der Waals surface area contributed by atoms with Gasteiger partial charge in [-0.3, -0.25) is 4.79 Å². The van der Waals surface area contributed by atoms with Crippen molar-refractivity contribution >= 4 is 26.3 Å². The number of benzene rings is 2. The smallest absolute Gasteiger partial charge is 0.407 e. The topological polar surface area (TPSA) is 123 Å². The number of esters is 1. The third kappa shape index (κ3) is 7.01. The van der Waals surface area contributed by atoms with Crippen LogP contribution >= 0.6 is 0 Å². The van der Waals surface area contributed by atoms with Gasteiger partial charge in [-0.25, -0.2) is 14.6 Å². The Morgan fingerprint density at radius 3 is 2.15 bits per heavy atom. The van der Waals surface area contributed by atoms with E-state index in [1.807, 2.05) is 45.0 Å². The van der Waals surface area contributed by atoms with Gasteiger partial charge in [0.05, 0.1) is 25.5 Å². The minimum atomic E-state index is -2.18. The molecule has 0 unspecified atom stereocenters. The van der Waals surface area contributed by atoms with Crippen LogP contribution in [0.3, 0.4) is 0 Å². The zero-order valence-corrected chi connectivity index (χ0v) is 30.0. The second-order valence-electron chi connectivity index (χ2n) is 15.2. The number of likely N-dealkylation sites (tertiary alicyclic amines) is 1. The van der Waals surface area contributed by atoms with Gasteiger partial charge in [0.1, 0.15) is 24.2 Å². The molecule has 11 heteroatoms. The van der Waals surface area contributed by atoms with Crippen molar-refractivity contribution in [2.75, 3.05) is 20.3 Å². The molecule has 3 atom stereocenters. The molecule has 2 aliphatic rings. The molecule has 47 heavy (non-hydrogen) atoms. The maximum atomic E-state index is 14.5. The third-order valence-corrected chi connectivity index (χ3v) is 14.4. The number of imidazole rings is 1. The fourth-order valence-electron chi connectivity index (χ4n) is 6.27. The van der Waals surface area contributed by atoms with Crippen molar-refractivity contribution in [3.8, 4) is 11.1 Å². The molecule has 2 heterocycles. The van der Waals surface area contributed by atoms with E-state index in [1.54, 1.807) is 4.90 Å². The van der Waals surface area contributed by atoms with Crippen molar-refractivity contribution in [2.45, 2.75) is 90.2 Å². The molecule has 10 nitrogen and oxygen atoms in total. The highest BCUT2D eigenvalue weighted by molar-refractivity contribution is 6.74. The zero-order chi connectivity index (χ0) is 34.3. The number of aromatic nitrogens is 2. The van der Waals surface area contributed by atoms with E-state index in [1.165, 1.54) is 13.3 Å². The Kier molecular flexibility index (Phi) is 9.45. The number of ether oxygens (including phenoxy) is 2. The molecule has 0 bridgehead atoms. The Balaban J connectivity index is 1.36. The number of nitrogens with zero attached hydrogens (tertiary/aromatic N) is 2. The predicted octanol–water partition coefficient (Wildman–Crippen LogP) is 6.81. The maximum absolute atomic E-state index is 14.5. The van der Waals surface area contributed by atoms with Crippen LogP contribution in [0, 0.1) is 5.41 Å². The highest BCUT2D eigenvalue weighted by atomic mass is 28.4. The lowest BCUT2D eigenvalue weighted by molar-refractivity contribution is -0.137. The molecular formula is C36H48N4O6Si. The van der Waals surface area contributed by atoms with Gasteiger partial charge >= 0.3 is 12.1 Å². The molecule has 2 amide bonds. The maximum Gasteiger partial charge on any atom is 0.407 e. The molecule has 2 N–H and O–H groups in total. The first-order chi connectivity index (χ1) is 22.0. The average molecular weight is 661 g/mol. The number of carbonyl (C=O) groups excluding carboxylic acids is 3. The Bertz CT molecular complexity index is 1590. The molecule has 5 rings (SSSR count). The molecule has 252 valence electrons. The van der Waals surface area contributed by atoms with E-state index in [0.717, 1.165) is 22.3 Å². The van der Waals surface area contributed by atoms with E-state index >= 15 is 0 Å². The first kappa shape index (κ1) is 34.4. The van der Waals surface area contributed by atoms with Gasteiger partial charge in [0.25, 0.3) is 0 Å². The standard InChI is InChI=1S/C36H48N4O6Si/c1-35(2,3)30(39-34(43)45-21-27-25-16-12-10-14-23(25)24-15-11-13-17-26(24)27)32(41)40-20-22(46-47(8,9)36(4,5)6)18-29(40)31-37-19-28(38-31)33(42)44-7/h10-17,19,22,27,29-30H,18,20-21H2,1-9H3,(H,37,38)(H,39,43)/t22-,29+,30-/m1/s1. The number of carbonyl (C=O) groups is 3. The van der Waals surface area contributed by atoms with Crippen LogP contribution in [-0.4, -0.2) is 73.6 Å². The summed E-state index contributed by atoms with van der Waals surface area (Å²) in [6.07, 6.45) is 1.01. The molecule has 1 aliphatic heterocycles. The van der Waals surface area contributed by atoms with Crippen LogP contribution < -0.4 is 5.32 Å². The lowest BCUT2D eigenvalue weighted by Crippen LogP contribution is -2.55. The van der Waals surface area contributed by atoms with Crippen LogP contribution in [0.5, 0.6) is 0 Å². The largest absolute Gasteiger partial charge is 0.464 e. The third-order valence-electron chi connectivity index (χ3n) is 9.85. The van der Waals surface area contributed by atoms with Crippen LogP contribution in [-0.2, 0) is 18.7 Å². The Hall–Kier alpha value is -3.96. The van der Waals surface area contributed by atoms with Crippen LogP contribution in [0.15, 0.2) is 54.7 Å². The zero-order valence-electron chi connectivity index (χ0n) is 29.0. The SMILES string of the molecule is COC(=O)c1cnc([C@@H]2C[C@@H](O[Si](C)(C)C(C)(C)C)CN2C(=O)[C@@H](NC(=O)OCC2c3ccccc3-c3ccccc32)C(C)(C)C)[nH]1. The van der Waals surface area contributed by atoms with Gasteiger partial charge in [0.15, 0.2) is 8.32 Å². The van der Waals surface area contributed by atoms with Crippen molar-refractivity contribution in [2.24, 2.45) is 5.41 Å². The number of rotatable bonds is 8. The number of alkyl carbamates (subject to hydrolysis) is 1. The van der Waals surface area contributed by atoms with Crippen LogP contribution in [0.25, 0.3) is 11.1 Å². The number of methoxy groups -OCH3 is 1. The van der Waals surface area contributed by atoms with Crippen molar-refractivity contribution < 1.29 is 28.3 Å². The highest BCUT2D eigenvalue weighted by Gasteiger charge is 2.47. The van der Waals surface area contributed by atoms with Crippen molar-refractivity contribution in [3.63, 3.8) is 0 Å². The number of hydrogen-bond acceptors (Lipinski definition) is 7. The van der Waals surface area contributed by atoms with Crippen molar-refractivity contribution in [1.82, 2.24) is 20.2 Å². The summed E-state index contributed by atoms with van der Waals surface area (Å²) < 4.78 is 17.5. The first-order valence-electron chi connectivity index (χ1n) is 16.2. The molecule has 2 aromatic carbocycles. The summed E-state index contributed by atoms with van der Waals surface area (Å²) in [7, 11) is -0.874. The summed E-state index contributed by atoms with van der Waals surface area (Å²) >= 11 is 0. The van der Waals surface area contributed by atoms with Gasteiger partial charge in [0.2, 0.25) is 5.91 Å². The molecule has 3 aromatic rings. The summed E-state index contributed by atoms with van der Waals surface area (Å²) in [6.45, 7) is 17.1. The molecule has 0 radical (unpaired) electrons. The Morgan fingerprint density at radius 1 is 1.00 bits per heavy atom. The minimum absolute atomic E-state index is 0.0255. The van der Waals surface area contributed by atoms with E-state index < -0.39 is 37.9 Å². The van der Waals surface area contributed by atoms with E-state index in [4.69, 9.17) is 13.9 Å². The summed E-state index contributed by atoms with van der Waals surface area (Å²) in [5.74, 6) is -0.448. The highest BCUT2D eigenvalue weighted by Crippen LogP contribution is 2.45. The van der Waals surface area contributed by atoms with Gasteiger partial charge in [-0.2, -0.15) is 0 Å². The van der Waals surface area contributed by atoms with E-state index in [-0.39, 0.29) is 35.3 Å². The molecule has 1 saturated heterocycles. The molecular weight excluding hydrogens is 613 g/mol. The molecule has 0 spiro atoms. The van der Waals surface area contributed by atoms with E-state index in [2.05, 4.69) is 73.4 Å². The summed E-state index contributed by atoms with van der Waals surface area (Å²) in [6, 6.07) is 14.9. The predicted molar refractivity (Wildman–Crippen MR) is 183 cm³/mol. The Morgan fingerprint density at radius 2 is 1.60 bits per heavy atom. The molecule has 1 aliphatic carbocycles. The number of aromatic amines is 1. The van der Waals surface area contributed by atoms with Crippen LogP contribution in [0.4, 0.5) is 4.79 Å². The first-order valence-corrected chi connectivity index (χ1v) is 19.2. The van der Waals surface area contributed by atoms with Gasteiger partial charge in [0, 0.05) is 18.9 Å². The normalized spacial score (nSPS) is 18.8. The second-order valence-corrected chi connectivity index (χ2v) is 19.9. The van der Waals surface area contributed by atoms with Crippen LogP contribution in [0.1, 0.15) is 87.4 Å². The number of nitrogens with one attached hydrogen (secondary N) is 2. The van der Waals surface area contributed by atoms with E-state index in [0.29, 0.717) is 18.8 Å². The fraction of sp³-hybridized carbons (Fsp3) is 0.500. The molecule has 1 fully saturated rings. The summed E-state index contributed by atoms with van der Waals surface area (Å²) in [5.41, 5.74) is 4.06. The molecule has 0 saturated carbocycles. The van der Waals surface area contributed by atoms with Gasteiger partial charge in [-0.05, 0) is 45.8 Å². The number of H-pyrrole nitrogens is 1. The van der Waals surface area contributed by atoms with Gasteiger partial charge in [-0.1, -0.05) is 90.1 Å². The van der Waals surface area contributed by atoms with Gasteiger partial charge < -0.3 is 29.1 Å². The van der Waals surface area contributed by atoms with Crippen LogP contribution in [0.2, 0.25) is 18.1 Å². The van der Waals surface area contributed by atoms with E-state index in [9.17, 15) is 14.4 Å². The molecule has 1 aromatic heterocycles. The van der Waals surface area contributed by atoms with Gasteiger partial charge in [-0.15, -0.1) is 0 Å². The minimum Gasteiger partial charge on any atom is -0.464 e.